The number of hydrogen-bond donors (Lipinski definition) is 0. The average molecular weight is 433 g/mol. The van der Waals surface area contributed by atoms with Crippen molar-refractivity contribution < 1.29 is 9.47 Å². The summed E-state index contributed by atoms with van der Waals surface area (Å²) in [6.45, 7) is 4.83. The Bertz CT molecular complexity index is 1230. The fourth-order valence-electron chi connectivity index (χ4n) is 3.69. The highest BCUT2D eigenvalue weighted by molar-refractivity contribution is 6.35. The van der Waals surface area contributed by atoms with Gasteiger partial charge in [-0.05, 0) is 49.2 Å². The van der Waals surface area contributed by atoms with E-state index in [1.54, 1.807) is 14.2 Å². The molecular weight excluding hydrogens is 408 g/mol. The zero-order valence-corrected chi connectivity index (χ0v) is 18.9. The fraction of sp³-hybridized carbons (Fsp3) is 0.192. The number of benzene rings is 3. The number of rotatable bonds is 6. The topological polar surface area (TPSA) is 36.3 Å². The molecule has 1 aromatic heterocycles. The van der Waals surface area contributed by atoms with Crippen molar-refractivity contribution in [1.82, 2.24) is 9.78 Å². The molecule has 0 N–H and O–H groups in total. The van der Waals surface area contributed by atoms with Crippen LogP contribution in [0.5, 0.6) is 11.5 Å². The van der Waals surface area contributed by atoms with Crippen LogP contribution >= 0.6 is 11.6 Å². The largest absolute Gasteiger partial charge is 0.497 e. The van der Waals surface area contributed by atoms with Gasteiger partial charge in [-0.2, -0.15) is 5.10 Å². The predicted molar refractivity (Wildman–Crippen MR) is 126 cm³/mol. The molecule has 0 saturated carbocycles. The first-order chi connectivity index (χ1) is 15.0. The van der Waals surface area contributed by atoms with Crippen LogP contribution in [0.2, 0.25) is 5.02 Å². The first-order valence-electron chi connectivity index (χ1n) is 10.1. The maximum absolute atomic E-state index is 6.96. The number of hydrogen-bond acceptors (Lipinski definition) is 3. The lowest BCUT2D eigenvalue weighted by molar-refractivity contribution is 0.415. The van der Waals surface area contributed by atoms with Crippen molar-refractivity contribution in [2.75, 3.05) is 14.2 Å². The van der Waals surface area contributed by atoms with Gasteiger partial charge in [-0.1, -0.05) is 59.6 Å². The number of methoxy groups -OCH3 is 2. The summed E-state index contributed by atoms with van der Waals surface area (Å²) in [4.78, 5) is 0. The molecule has 4 nitrogen and oxygen atoms in total. The molecule has 1 heterocycles. The molecule has 0 radical (unpaired) electrons. The van der Waals surface area contributed by atoms with Gasteiger partial charge in [0.2, 0.25) is 0 Å². The Morgan fingerprint density at radius 2 is 1.48 bits per heavy atom. The van der Waals surface area contributed by atoms with Crippen LogP contribution in [0.4, 0.5) is 0 Å². The minimum atomic E-state index is 0.604. The Morgan fingerprint density at radius 1 is 0.839 bits per heavy atom. The van der Waals surface area contributed by atoms with E-state index in [0.717, 1.165) is 34.0 Å². The average Bonchev–Trinajstić information content (AvgIpc) is 3.12. The fourth-order valence-corrected chi connectivity index (χ4v) is 4.04. The van der Waals surface area contributed by atoms with Gasteiger partial charge in [0.15, 0.2) is 0 Å². The Hall–Kier alpha value is -3.24. The van der Waals surface area contributed by atoms with E-state index in [-0.39, 0.29) is 0 Å². The Kier molecular flexibility index (Phi) is 6.01. The van der Waals surface area contributed by atoms with Crippen LogP contribution < -0.4 is 9.47 Å². The normalized spacial score (nSPS) is 10.9. The molecule has 0 bridgehead atoms. The first-order valence-corrected chi connectivity index (χ1v) is 10.5. The SMILES string of the molecule is COc1cccc(-c2nn(Cc3cc(C)ccc3C)c(-c3cccc(OC)c3)c2Cl)c1. The molecule has 0 amide bonds. The van der Waals surface area contributed by atoms with Crippen molar-refractivity contribution in [3.63, 3.8) is 0 Å². The van der Waals surface area contributed by atoms with Crippen LogP contribution in [-0.2, 0) is 6.54 Å². The number of ether oxygens (including phenoxy) is 2. The van der Waals surface area contributed by atoms with Crippen LogP contribution in [0.3, 0.4) is 0 Å². The molecule has 31 heavy (non-hydrogen) atoms. The van der Waals surface area contributed by atoms with Gasteiger partial charge in [0.05, 0.1) is 31.5 Å². The van der Waals surface area contributed by atoms with Crippen LogP contribution in [0.25, 0.3) is 22.5 Å². The molecule has 0 spiro atoms. The summed E-state index contributed by atoms with van der Waals surface area (Å²) in [5, 5.41) is 5.55. The highest BCUT2D eigenvalue weighted by Crippen LogP contribution is 2.38. The van der Waals surface area contributed by atoms with E-state index in [0.29, 0.717) is 11.6 Å². The monoisotopic (exact) mass is 432 g/mol. The van der Waals surface area contributed by atoms with Crippen molar-refractivity contribution in [1.29, 1.82) is 0 Å². The zero-order valence-electron chi connectivity index (χ0n) is 18.1. The second-order valence-electron chi connectivity index (χ2n) is 7.56. The van der Waals surface area contributed by atoms with Gasteiger partial charge in [-0.3, -0.25) is 4.68 Å². The maximum atomic E-state index is 6.96. The molecule has 0 saturated heterocycles. The molecule has 0 aliphatic rings. The van der Waals surface area contributed by atoms with Crippen molar-refractivity contribution in [3.8, 4) is 34.0 Å². The molecule has 158 valence electrons. The summed E-state index contributed by atoms with van der Waals surface area (Å²) in [5.74, 6) is 1.54. The molecule has 0 atom stereocenters. The molecule has 0 aliphatic heterocycles. The van der Waals surface area contributed by atoms with Crippen LogP contribution in [0.15, 0.2) is 66.7 Å². The Morgan fingerprint density at radius 3 is 2.16 bits per heavy atom. The van der Waals surface area contributed by atoms with Crippen molar-refractivity contribution >= 4 is 11.6 Å². The van der Waals surface area contributed by atoms with E-state index in [9.17, 15) is 0 Å². The summed E-state index contributed by atoms with van der Waals surface area (Å²) < 4.78 is 12.8. The number of aryl methyl sites for hydroxylation is 2. The van der Waals surface area contributed by atoms with Crippen LogP contribution in [0.1, 0.15) is 16.7 Å². The number of aromatic nitrogens is 2. The zero-order chi connectivity index (χ0) is 22.0. The van der Waals surface area contributed by atoms with E-state index in [4.69, 9.17) is 26.2 Å². The summed E-state index contributed by atoms with van der Waals surface area (Å²) >= 11 is 6.96. The number of halogens is 1. The quantitative estimate of drug-likeness (QED) is 0.346. The number of nitrogens with zero attached hydrogens (tertiary/aromatic N) is 2. The minimum absolute atomic E-state index is 0.604. The molecule has 0 aliphatic carbocycles. The summed E-state index contributed by atoms with van der Waals surface area (Å²) in [6, 6.07) is 22.2. The van der Waals surface area contributed by atoms with Gasteiger partial charge in [-0.15, -0.1) is 0 Å². The molecule has 4 rings (SSSR count). The van der Waals surface area contributed by atoms with E-state index >= 15 is 0 Å². The third-order valence-corrected chi connectivity index (χ3v) is 5.76. The molecular formula is C26H25ClN2O2. The van der Waals surface area contributed by atoms with Crippen molar-refractivity contribution in [2.24, 2.45) is 0 Å². The van der Waals surface area contributed by atoms with E-state index in [2.05, 4.69) is 32.0 Å². The van der Waals surface area contributed by atoms with Crippen molar-refractivity contribution in [2.45, 2.75) is 20.4 Å². The lowest BCUT2D eigenvalue weighted by atomic mass is 10.1. The van der Waals surface area contributed by atoms with Gasteiger partial charge < -0.3 is 9.47 Å². The lowest BCUT2D eigenvalue weighted by Crippen LogP contribution is -2.06. The second kappa shape index (κ2) is 8.86. The predicted octanol–water partition coefficient (Wildman–Crippen LogP) is 6.55. The highest BCUT2D eigenvalue weighted by Gasteiger charge is 2.20. The Balaban J connectivity index is 1.90. The van der Waals surface area contributed by atoms with Gasteiger partial charge >= 0.3 is 0 Å². The standard InChI is InChI=1S/C26H25ClN2O2/c1-17-11-12-18(2)21(13-17)16-29-26(20-8-6-10-23(15-20)31-4)24(27)25(28-29)19-7-5-9-22(14-19)30-3/h5-15H,16H2,1-4H3. The maximum Gasteiger partial charge on any atom is 0.119 e. The van der Waals surface area contributed by atoms with E-state index < -0.39 is 0 Å². The summed E-state index contributed by atoms with van der Waals surface area (Å²) in [7, 11) is 3.32. The van der Waals surface area contributed by atoms with Crippen molar-refractivity contribution in [3.05, 3.63) is 88.4 Å². The molecule has 0 unspecified atom stereocenters. The smallest absolute Gasteiger partial charge is 0.119 e. The van der Waals surface area contributed by atoms with Gasteiger partial charge in [0.25, 0.3) is 0 Å². The Labute approximate surface area is 188 Å². The highest BCUT2D eigenvalue weighted by atomic mass is 35.5. The first kappa shape index (κ1) is 21.0. The van der Waals surface area contributed by atoms with E-state index in [1.807, 2.05) is 53.2 Å². The van der Waals surface area contributed by atoms with Gasteiger partial charge in [0.1, 0.15) is 17.2 Å². The molecule has 4 aromatic rings. The van der Waals surface area contributed by atoms with Crippen LogP contribution in [-0.4, -0.2) is 24.0 Å². The summed E-state index contributed by atoms with van der Waals surface area (Å²) in [5.41, 5.74) is 7.10. The molecule has 3 aromatic carbocycles. The van der Waals surface area contributed by atoms with Gasteiger partial charge in [-0.25, -0.2) is 0 Å². The lowest BCUT2D eigenvalue weighted by Gasteiger charge is -2.12. The third kappa shape index (κ3) is 4.30. The van der Waals surface area contributed by atoms with E-state index in [1.165, 1.54) is 16.7 Å². The van der Waals surface area contributed by atoms with Crippen LogP contribution in [0, 0.1) is 13.8 Å². The second-order valence-corrected chi connectivity index (χ2v) is 7.94. The van der Waals surface area contributed by atoms with Gasteiger partial charge in [0, 0.05) is 11.1 Å². The molecule has 0 fully saturated rings. The molecule has 5 heteroatoms. The summed E-state index contributed by atoms with van der Waals surface area (Å²) in [6.07, 6.45) is 0. The third-order valence-electron chi connectivity index (χ3n) is 5.41. The minimum Gasteiger partial charge on any atom is -0.497 e.